The van der Waals surface area contributed by atoms with E-state index in [0.29, 0.717) is 6.61 Å². The Balaban J connectivity index is 1.61. The Kier molecular flexibility index (Phi) is 5.08. The Labute approximate surface area is 145 Å². The average molecular weight is 332 g/mol. The number of rotatable bonds is 4. The SMILES string of the molecule is CC1(C)OB(c2cccc(COC3CCC(O)CC3)c2)OC1(C)C. The van der Waals surface area contributed by atoms with Crippen LogP contribution in [0.1, 0.15) is 58.9 Å². The average Bonchev–Trinajstić information content (AvgIpc) is 2.75. The predicted octanol–water partition coefficient (Wildman–Crippen LogP) is 2.81. The largest absolute Gasteiger partial charge is 0.494 e. The van der Waals surface area contributed by atoms with Gasteiger partial charge in [0.25, 0.3) is 0 Å². The molecule has 2 aliphatic rings. The first-order valence-electron chi connectivity index (χ1n) is 9.01. The summed E-state index contributed by atoms with van der Waals surface area (Å²) in [6.07, 6.45) is 3.69. The third-order valence-corrected chi connectivity index (χ3v) is 5.61. The minimum absolute atomic E-state index is 0.142. The van der Waals surface area contributed by atoms with Crippen molar-refractivity contribution in [2.45, 2.75) is 83.4 Å². The number of hydrogen-bond donors (Lipinski definition) is 1. The van der Waals surface area contributed by atoms with Gasteiger partial charge in [0.1, 0.15) is 0 Å². The van der Waals surface area contributed by atoms with Crippen molar-refractivity contribution in [3.63, 3.8) is 0 Å². The highest BCUT2D eigenvalue weighted by atomic mass is 16.7. The number of aliphatic hydroxyl groups excluding tert-OH is 1. The summed E-state index contributed by atoms with van der Waals surface area (Å²) >= 11 is 0. The maximum Gasteiger partial charge on any atom is 0.494 e. The molecule has 0 unspecified atom stereocenters. The summed E-state index contributed by atoms with van der Waals surface area (Å²) in [6.45, 7) is 8.86. The van der Waals surface area contributed by atoms with Crippen LogP contribution in [-0.2, 0) is 20.7 Å². The molecule has 0 atom stereocenters. The fourth-order valence-electron chi connectivity index (χ4n) is 3.23. The molecule has 1 aliphatic carbocycles. The third-order valence-electron chi connectivity index (χ3n) is 5.61. The molecule has 0 aromatic heterocycles. The van der Waals surface area contributed by atoms with Gasteiger partial charge in [0, 0.05) is 0 Å². The number of benzene rings is 1. The molecule has 1 heterocycles. The molecule has 0 radical (unpaired) electrons. The zero-order valence-corrected chi connectivity index (χ0v) is 15.2. The predicted molar refractivity (Wildman–Crippen MR) is 95.2 cm³/mol. The van der Waals surface area contributed by atoms with E-state index in [4.69, 9.17) is 14.0 Å². The fourth-order valence-corrected chi connectivity index (χ4v) is 3.23. The molecule has 0 amide bonds. The highest BCUT2D eigenvalue weighted by Crippen LogP contribution is 2.36. The maximum atomic E-state index is 9.57. The van der Waals surface area contributed by atoms with Gasteiger partial charge in [-0.2, -0.15) is 0 Å². The van der Waals surface area contributed by atoms with Crippen molar-refractivity contribution >= 4 is 12.6 Å². The quantitative estimate of drug-likeness (QED) is 0.862. The first-order chi connectivity index (χ1) is 11.3. The molecular formula is C19H29BO4. The monoisotopic (exact) mass is 332 g/mol. The second-order valence-electron chi connectivity index (χ2n) is 8.07. The van der Waals surface area contributed by atoms with Gasteiger partial charge in [-0.05, 0) is 64.4 Å². The summed E-state index contributed by atoms with van der Waals surface area (Å²) in [7, 11) is -0.334. The van der Waals surface area contributed by atoms with Crippen molar-refractivity contribution in [1.29, 1.82) is 0 Å². The second-order valence-corrected chi connectivity index (χ2v) is 8.07. The molecule has 1 saturated carbocycles. The molecule has 4 nitrogen and oxygen atoms in total. The first kappa shape index (κ1) is 17.9. The Bertz CT molecular complexity index is 548. The van der Waals surface area contributed by atoms with E-state index in [9.17, 15) is 5.11 Å². The molecular weight excluding hydrogens is 303 g/mol. The van der Waals surface area contributed by atoms with Gasteiger partial charge in [-0.15, -0.1) is 0 Å². The third kappa shape index (κ3) is 3.85. The summed E-state index contributed by atoms with van der Waals surface area (Å²) in [5.74, 6) is 0. The topological polar surface area (TPSA) is 47.9 Å². The van der Waals surface area contributed by atoms with Crippen LogP contribution in [0.3, 0.4) is 0 Å². The molecule has 1 aromatic rings. The summed E-state index contributed by atoms with van der Waals surface area (Å²) in [5.41, 5.74) is 1.52. The maximum absolute atomic E-state index is 9.57. The van der Waals surface area contributed by atoms with Crippen LogP contribution < -0.4 is 5.46 Å². The second kappa shape index (κ2) is 6.79. The molecule has 1 N–H and O–H groups in total. The summed E-state index contributed by atoms with van der Waals surface area (Å²) < 4.78 is 18.3. The van der Waals surface area contributed by atoms with E-state index in [0.717, 1.165) is 36.7 Å². The molecule has 24 heavy (non-hydrogen) atoms. The molecule has 0 bridgehead atoms. The van der Waals surface area contributed by atoms with Crippen LogP contribution in [0, 0.1) is 0 Å². The van der Waals surface area contributed by atoms with Crippen LogP contribution in [-0.4, -0.2) is 35.6 Å². The minimum atomic E-state index is -0.334. The molecule has 1 aliphatic heterocycles. The van der Waals surface area contributed by atoms with Crippen molar-refractivity contribution in [2.75, 3.05) is 0 Å². The van der Waals surface area contributed by atoms with Crippen molar-refractivity contribution in [1.82, 2.24) is 0 Å². The molecule has 3 rings (SSSR count). The van der Waals surface area contributed by atoms with E-state index in [1.165, 1.54) is 0 Å². The Hall–Kier alpha value is -0.875. The van der Waals surface area contributed by atoms with Crippen LogP contribution in [0.25, 0.3) is 0 Å². The lowest BCUT2D eigenvalue weighted by molar-refractivity contribution is -0.0118. The van der Waals surface area contributed by atoms with Crippen LogP contribution in [0.5, 0.6) is 0 Å². The van der Waals surface area contributed by atoms with Crippen molar-refractivity contribution in [3.05, 3.63) is 29.8 Å². The molecule has 132 valence electrons. The van der Waals surface area contributed by atoms with E-state index in [-0.39, 0.29) is 30.5 Å². The van der Waals surface area contributed by atoms with Gasteiger partial charge in [0.05, 0.1) is 30.0 Å². The lowest BCUT2D eigenvalue weighted by atomic mass is 9.78. The molecule has 0 spiro atoms. The standard InChI is InChI=1S/C19H29BO4/c1-18(2)19(3,4)24-20(23-18)15-7-5-6-14(12-15)13-22-17-10-8-16(21)9-11-17/h5-7,12,16-17,21H,8-11,13H2,1-4H3. The molecule has 1 aromatic carbocycles. The van der Waals surface area contributed by atoms with Gasteiger partial charge in [0.2, 0.25) is 0 Å². The lowest BCUT2D eigenvalue weighted by Crippen LogP contribution is -2.41. The summed E-state index contributed by atoms with van der Waals surface area (Å²) in [5, 5.41) is 9.57. The number of hydrogen-bond acceptors (Lipinski definition) is 4. The Morgan fingerprint density at radius 1 is 1.08 bits per heavy atom. The minimum Gasteiger partial charge on any atom is -0.399 e. The van der Waals surface area contributed by atoms with Gasteiger partial charge in [-0.1, -0.05) is 24.3 Å². The van der Waals surface area contributed by atoms with Gasteiger partial charge in [0.15, 0.2) is 0 Å². The van der Waals surface area contributed by atoms with E-state index in [2.05, 4.69) is 39.8 Å². The normalized spacial score (nSPS) is 29.0. The van der Waals surface area contributed by atoms with Crippen LogP contribution in [0.2, 0.25) is 0 Å². The van der Waals surface area contributed by atoms with Crippen LogP contribution >= 0.6 is 0 Å². The highest BCUT2D eigenvalue weighted by Gasteiger charge is 2.51. The summed E-state index contributed by atoms with van der Waals surface area (Å²) in [4.78, 5) is 0. The van der Waals surface area contributed by atoms with Crippen molar-refractivity contribution < 1.29 is 19.2 Å². The lowest BCUT2D eigenvalue weighted by Gasteiger charge is -2.32. The van der Waals surface area contributed by atoms with Gasteiger partial charge in [-0.3, -0.25) is 0 Å². The molecule has 2 fully saturated rings. The van der Waals surface area contributed by atoms with Gasteiger partial charge >= 0.3 is 7.12 Å². The fraction of sp³-hybridized carbons (Fsp3) is 0.684. The Morgan fingerprint density at radius 3 is 2.33 bits per heavy atom. The Morgan fingerprint density at radius 2 is 1.71 bits per heavy atom. The van der Waals surface area contributed by atoms with Crippen molar-refractivity contribution in [2.24, 2.45) is 0 Å². The number of aliphatic hydroxyl groups is 1. The zero-order valence-electron chi connectivity index (χ0n) is 15.2. The smallest absolute Gasteiger partial charge is 0.399 e. The van der Waals surface area contributed by atoms with E-state index in [1.807, 2.05) is 12.1 Å². The van der Waals surface area contributed by atoms with Gasteiger partial charge < -0.3 is 19.2 Å². The zero-order chi connectivity index (χ0) is 17.4. The highest BCUT2D eigenvalue weighted by molar-refractivity contribution is 6.62. The van der Waals surface area contributed by atoms with E-state index in [1.54, 1.807) is 0 Å². The van der Waals surface area contributed by atoms with Gasteiger partial charge in [-0.25, -0.2) is 0 Å². The first-order valence-corrected chi connectivity index (χ1v) is 9.01. The molecule has 5 heteroatoms. The van der Waals surface area contributed by atoms with E-state index >= 15 is 0 Å². The van der Waals surface area contributed by atoms with E-state index < -0.39 is 0 Å². The summed E-state index contributed by atoms with van der Waals surface area (Å²) in [6, 6.07) is 8.26. The van der Waals surface area contributed by atoms with Crippen LogP contribution in [0.15, 0.2) is 24.3 Å². The van der Waals surface area contributed by atoms with Crippen molar-refractivity contribution in [3.8, 4) is 0 Å². The molecule has 1 saturated heterocycles. The number of ether oxygens (including phenoxy) is 1. The van der Waals surface area contributed by atoms with Crippen LogP contribution in [0.4, 0.5) is 0 Å².